The third-order valence-corrected chi connectivity index (χ3v) is 4.16. The molecular weight excluding hydrogens is 262 g/mol. The van der Waals surface area contributed by atoms with Gasteiger partial charge >= 0.3 is 0 Å². The molecule has 0 saturated heterocycles. The Balaban J connectivity index is 1.83. The molecule has 0 aromatic heterocycles. The molecule has 2 rings (SSSR count). The Hall–Kier alpha value is -1.06. The predicted octanol–water partition coefficient (Wildman–Crippen LogP) is 3.30. The number of hydrogen-bond donors (Lipinski definition) is 2. The second-order valence-electron chi connectivity index (χ2n) is 6.21. The van der Waals surface area contributed by atoms with Crippen LogP contribution in [-0.2, 0) is 6.42 Å². The van der Waals surface area contributed by atoms with E-state index in [1.54, 1.807) is 0 Å². The molecule has 0 amide bonds. The second kappa shape index (κ2) is 8.40. The zero-order chi connectivity index (χ0) is 15.1. The first-order valence-electron chi connectivity index (χ1n) is 8.36. The zero-order valence-electron chi connectivity index (χ0n) is 13.3. The smallest absolute Gasteiger partial charge is 0.124 e. The lowest BCUT2D eigenvalue weighted by molar-refractivity contribution is 0.00687. The van der Waals surface area contributed by atoms with Crippen molar-refractivity contribution >= 4 is 0 Å². The van der Waals surface area contributed by atoms with E-state index >= 15 is 0 Å². The molecule has 1 saturated carbocycles. The van der Waals surface area contributed by atoms with Gasteiger partial charge in [-0.2, -0.15) is 0 Å². The van der Waals surface area contributed by atoms with Crippen LogP contribution < -0.4 is 10.1 Å². The van der Waals surface area contributed by atoms with Gasteiger partial charge in [0.1, 0.15) is 11.9 Å². The Morgan fingerprint density at radius 1 is 1.24 bits per heavy atom. The maximum atomic E-state index is 9.95. The molecule has 3 nitrogen and oxygen atoms in total. The lowest BCUT2D eigenvalue weighted by Crippen LogP contribution is -2.34. The Morgan fingerprint density at radius 3 is 2.62 bits per heavy atom. The van der Waals surface area contributed by atoms with Gasteiger partial charge in [-0.15, -0.1) is 0 Å². The van der Waals surface area contributed by atoms with Crippen LogP contribution in [-0.4, -0.2) is 29.9 Å². The topological polar surface area (TPSA) is 41.5 Å². The molecule has 1 aromatic rings. The Bertz CT molecular complexity index is 404. The van der Waals surface area contributed by atoms with E-state index in [9.17, 15) is 5.11 Å². The van der Waals surface area contributed by atoms with E-state index in [0.29, 0.717) is 6.04 Å². The van der Waals surface area contributed by atoms with Gasteiger partial charge in [0.05, 0.1) is 6.10 Å². The summed E-state index contributed by atoms with van der Waals surface area (Å²) in [6.07, 6.45) is 5.95. The van der Waals surface area contributed by atoms with Crippen LogP contribution >= 0.6 is 0 Å². The molecule has 1 aliphatic rings. The average Bonchev–Trinajstić information content (AvgIpc) is 2.49. The molecule has 21 heavy (non-hydrogen) atoms. The van der Waals surface area contributed by atoms with E-state index in [-0.39, 0.29) is 12.2 Å². The maximum Gasteiger partial charge on any atom is 0.124 e. The summed E-state index contributed by atoms with van der Waals surface area (Å²) in [6, 6.07) is 8.83. The predicted molar refractivity (Wildman–Crippen MR) is 86.8 cm³/mol. The number of nitrogens with one attached hydrogen (secondary N) is 1. The SMILES string of the molecule is CCCNC(C)Cc1ccc(OC2CCCCC2O)cc1. The van der Waals surface area contributed by atoms with Crippen LogP contribution in [0.25, 0.3) is 0 Å². The van der Waals surface area contributed by atoms with E-state index < -0.39 is 0 Å². The lowest BCUT2D eigenvalue weighted by Gasteiger charge is -2.28. The highest BCUT2D eigenvalue weighted by molar-refractivity contribution is 5.28. The summed E-state index contributed by atoms with van der Waals surface area (Å²) in [7, 11) is 0. The van der Waals surface area contributed by atoms with Gasteiger partial charge in [-0.25, -0.2) is 0 Å². The van der Waals surface area contributed by atoms with Gasteiger partial charge in [0, 0.05) is 6.04 Å². The second-order valence-corrected chi connectivity index (χ2v) is 6.21. The van der Waals surface area contributed by atoms with E-state index in [0.717, 1.165) is 44.4 Å². The minimum Gasteiger partial charge on any atom is -0.488 e. The third-order valence-electron chi connectivity index (χ3n) is 4.16. The van der Waals surface area contributed by atoms with Crippen molar-refractivity contribution in [3.63, 3.8) is 0 Å². The highest BCUT2D eigenvalue weighted by Gasteiger charge is 2.24. The highest BCUT2D eigenvalue weighted by Crippen LogP contribution is 2.24. The van der Waals surface area contributed by atoms with Crippen molar-refractivity contribution in [2.75, 3.05) is 6.54 Å². The molecular formula is C18H29NO2. The number of aliphatic hydroxyl groups is 1. The normalized spacial score (nSPS) is 23.8. The maximum absolute atomic E-state index is 9.95. The lowest BCUT2D eigenvalue weighted by atomic mass is 9.95. The highest BCUT2D eigenvalue weighted by atomic mass is 16.5. The van der Waals surface area contributed by atoms with Gasteiger partial charge in [-0.1, -0.05) is 25.5 Å². The molecule has 3 unspecified atom stereocenters. The monoisotopic (exact) mass is 291 g/mol. The van der Waals surface area contributed by atoms with Crippen molar-refractivity contribution < 1.29 is 9.84 Å². The quantitative estimate of drug-likeness (QED) is 0.810. The Kier molecular flexibility index (Phi) is 6.52. The van der Waals surface area contributed by atoms with Gasteiger partial charge in [0.2, 0.25) is 0 Å². The fourth-order valence-electron chi connectivity index (χ4n) is 2.91. The standard InChI is InChI=1S/C18H29NO2/c1-3-12-19-14(2)13-15-8-10-16(11-9-15)21-18-7-5-4-6-17(18)20/h8-11,14,17-20H,3-7,12-13H2,1-2H3. The van der Waals surface area contributed by atoms with Crippen LogP contribution in [0.4, 0.5) is 0 Å². The number of hydrogen-bond acceptors (Lipinski definition) is 3. The van der Waals surface area contributed by atoms with Crippen LogP contribution in [0.3, 0.4) is 0 Å². The van der Waals surface area contributed by atoms with Gasteiger partial charge in [0.15, 0.2) is 0 Å². The molecule has 0 radical (unpaired) electrons. The minimum absolute atomic E-state index is 0.0326. The summed E-state index contributed by atoms with van der Waals surface area (Å²) in [6.45, 7) is 5.48. The fourth-order valence-corrected chi connectivity index (χ4v) is 2.91. The third kappa shape index (κ3) is 5.33. The van der Waals surface area contributed by atoms with Crippen molar-refractivity contribution in [3.05, 3.63) is 29.8 Å². The van der Waals surface area contributed by atoms with Crippen LogP contribution in [0.1, 0.15) is 51.5 Å². The molecule has 1 aliphatic carbocycles. The number of rotatable bonds is 7. The van der Waals surface area contributed by atoms with Crippen LogP contribution in [0.5, 0.6) is 5.75 Å². The van der Waals surface area contributed by atoms with Crippen molar-refractivity contribution in [3.8, 4) is 5.75 Å². The number of ether oxygens (including phenoxy) is 1. The fraction of sp³-hybridized carbons (Fsp3) is 0.667. The first-order chi connectivity index (χ1) is 10.2. The van der Waals surface area contributed by atoms with Crippen molar-refractivity contribution in [2.24, 2.45) is 0 Å². The largest absolute Gasteiger partial charge is 0.488 e. The molecule has 3 atom stereocenters. The van der Waals surface area contributed by atoms with Gasteiger partial charge in [0.25, 0.3) is 0 Å². The molecule has 3 heteroatoms. The molecule has 0 bridgehead atoms. The van der Waals surface area contributed by atoms with E-state index in [1.165, 1.54) is 12.0 Å². The number of benzene rings is 1. The van der Waals surface area contributed by atoms with Crippen LogP contribution in [0.15, 0.2) is 24.3 Å². The molecule has 1 fully saturated rings. The van der Waals surface area contributed by atoms with E-state index in [4.69, 9.17) is 4.74 Å². The van der Waals surface area contributed by atoms with Gasteiger partial charge < -0.3 is 15.2 Å². The summed E-state index contributed by atoms with van der Waals surface area (Å²) in [5.41, 5.74) is 1.32. The summed E-state index contributed by atoms with van der Waals surface area (Å²) in [4.78, 5) is 0. The van der Waals surface area contributed by atoms with E-state index in [2.05, 4.69) is 31.3 Å². The molecule has 2 N–H and O–H groups in total. The van der Waals surface area contributed by atoms with Gasteiger partial charge in [-0.05, 0) is 63.3 Å². The van der Waals surface area contributed by atoms with Crippen LogP contribution in [0.2, 0.25) is 0 Å². The van der Waals surface area contributed by atoms with E-state index in [1.807, 2.05) is 12.1 Å². The average molecular weight is 291 g/mol. The summed E-state index contributed by atoms with van der Waals surface area (Å²) < 4.78 is 5.93. The summed E-state index contributed by atoms with van der Waals surface area (Å²) >= 11 is 0. The Morgan fingerprint density at radius 2 is 1.95 bits per heavy atom. The molecule has 1 aromatic carbocycles. The number of aliphatic hydroxyl groups excluding tert-OH is 1. The summed E-state index contributed by atoms with van der Waals surface area (Å²) in [5.74, 6) is 0.874. The minimum atomic E-state index is -0.309. The van der Waals surface area contributed by atoms with Crippen molar-refractivity contribution in [1.82, 2.24) is 5.32 Å². The molecule has 118 valence electrons. The van der Waals surface area contributed by atoms with Gasteiger partial charge in [-0.3, -0.25) is 0 Å². The first-order valence-corrected chi connectivity index (χ1v) is 8.36. The molecule has 0 heterocycles. The summed E-state index contributed by atoms with van der Waals surface area (Å²) in [5, 5.41) is 13.5. The Labute approximate surface area is 128 Å². The van der Waals surface area contributed by atoms with Crippen molar-refractivity contribution in [2.45, 2.75) is 70.6 Å². The first kappa shape index (κ1) is 16.3. The zero-order valence-corrected chi connectivity index (χ0v) is 13.3. The molecule has 0 aliphatic heterocycles. The molecule has 0 spiro atoms. The van der Waals surface area contributed by atoms with Crippen molar-refractivity contribution in [1.29, 1.82) is 0 Å². The van der Waals surface area contributed by atoms with Crippen LogP contribution in [0, 0.1) is 0 Å².